The maximum Gasteiger partial charge on any atom is 0.327 e. The normalized spacial score (nSPS) is 9.89. The highest BCUT2D eigenvalue weighted by Crippen LogP contribution is 2.35. The molecule has 0 fully saturated rings. The molecular weight excluding hydrogens is 262 g/mol. The van der Waals surface area contributed by atoms with Gasteiger partial charge >= 0.3 is 5.00 Å². The summed E-state index contributed by atoms with van der Waals surface area (Å²) < 4.78 is 0. The number of anilines is 1. The number of hydrogen-bond acceptors (Lipinski definition) is 5. The van der Waals surface area contributed by atoms with Gasteiger partial charge in [-0.2, -0.15) is 5.26 Å². The molecule has 2 aromatic rings. The van der Waals surface area contributed by atoms with Crippen molar-refractivity contribution in [3.05, 3.63) is 57.6 Å². The average molecular weight is 273 g/mol. The van der Waals surface area contributed by atoms with Crippen molar-refractivity contribution in [2.75, 3.05) is 11.9 Å². The number of nitro groups is 1. The zero-order valence-electron chi connectivity index (χ0n) is 10.2. The van der Waals surface area contributed by atoms with Crippen molar-refractivity contribution >= 4 is 21.3 Å². The van der Waals surface area contributed by atoms with Crippen LogP contribution in [0.1, 0.15) is 11.1 Å². The molecule has 0 unspecified atom stereocenters. The first kappa shape index (κ1) is 13.1. The van der Waals surface area contributed by atoms with E-state index in [1.807, 2.05) is 48.3 Å². The second-order valence-corrected chi connectivity index (χ2v) is 5.02. The standard InChI is InChI=1S/C13H11N3O2S/c1-15(9-10-5-3-2-4-6-10)13-11(8-14)7-12(19-13)16(17)18/h2-7H,9H2,1H3. The Morgan fingerprint density at radius 2 is 2.11 bits per heavy atom. The SMILES string of the molecule is CN(Cc1ccccc1)c1sc([N+](=O)[O-])cc1C#N. The molecule has 6 heteroatoms. The van der Waals surface area contributed by atoms with Gasteiger partial charge in [-0.1, -0.05) is 30.3 Å². The average Bonchev–Trinajstić information content (AvgIpc) is 2.84. The molecule has 19 heavy (non-hydrogen) atoms. The quantitative estimate of drug-likeness (QED) is 0.633. The Balaban J connectivity index is 2.26. The first-order valence-corrected chi connectivity index (χ1v) is 6.37. The minimum atomic E-state index is -0.467. The highest BCUT2D eigenvalue weighted by Gasteiger charge is 2.19. The highest BCUT2D eigenvalue weighted by molar-refractivity contribution is 7.19. The van der Waals surface area contributed by atoms with Crippen LogP contribution in [-0.2, 0) is 6.54 Å². The molecule has 0 aliphatic carbocycles. The first-order valence-electron chi connectivity index (χ1n) is 5.55. The third-order valence-corrected chi connectivity index (χ3v) is 3.81. The molecule has 0 radical (unpaired) electrons. The van der Waals surface area contributed by atoms with E-state index in [0.717, 1.165) is 16.9 Å². The number of nitrogens with zero attached hydrogens (tertiary/aromatic N) is 3. The molecule has 0 atom stereocenters. The van der Waals surface area contributed by atoms with E-state index in [-0.39, 0.29) is 5.00 Å². The maximum absolute atomic E-state index is 10.8. The van der Waals surface area contributed by atoms with Crippen molar-refractivity contribution in [2.24, 2.45) is 0 Å². The molecule has 0 aliphatic heterocycles. The Bertz CT molecular complexity index is 631. The first-order chi connectivity index (χ1) is 9.11. The van der Waals surface area contributed by atoms with Crippen LogP contribution in [0.4, 0.5) is 10.0 Å². The molecule has 0 N–H and O–H groups in total. The third-order valence-electron chi connectivity index (χ3n) is 2.61. The van der Waals surface area contributed by atoms with E-state index in [4.69, 9.17) is 5.26 Å². The number of thiophene rings is 1. The van der Waals surface area contributed by atoms with Crippen LogP contribution in [0, 0.1) is 21.4 Å². The van der Waals surface area contributed by atoms with Gasteiger partial charge in [-0.05, 0) is 16.9 Å². The van der Waals surface area contributed by atoms with Gasteiger partial charge in [0.25, 0.3) is 0 Å². The fourth-order valence-corrected chi connectivity index (χ4v) is 2.64. The van der Waals surface area contributed by atoms with Crippen LogP contribution in [-0.4, -0.2) is 12.0 Å². The lowest BCUT2D eigenvalue weighted by Crippen LogP contribution is -2.15. The third kappa shape index (κ3) is 2.89. The Kier molecular flexibility index (Phi) is 3.78. The molecule has 0 saturated heterocycles. The van der Waals surface area contributed by atoms with Crippen LogP contribution in [0.5, 0.6) is 0 Å². The van der Waals surface area contributed by atoms with Crippen LogP contribution < -0.4 is 4.90 Å². The van der Waals surface area contributed by atoms with Crippen LogP contribution in [0.15, 0.2) is 36.4 Å². The molecule has 1 aromatic carbocycles. The summed E-state index contributed by atoms with van der Waals surface area (Å²) in [5.41, 5.74) is 1.43. The van der Waals surface area contributed by atoms with Gasteiger partial charge in [0.2, 0.25) is 0 Å². The molecule has 0 saturated carbocycles. The van der Waals surface area contributed by atoms with E-state index in [0.29, 0.717) is 17.1 Å². The van der Waals surface area contributed by atoms with Gasteiger partial charge < -0.3 is 4.90 Å². The number of nitriles is 1. The number of rotatable bonds is 4. The van der Waals surface area contributed by atoms with Gasteiger partial charge in [0, 0.05) is 19.7 Å². The summed E-state index contributed by atoms with van der Waals surface area (Å²) in [5, 5.41) is 20.4. The number of benzene rings is 1. The van der Waals surface area contributed by atoms with Crippen molar-refractivity contribution in [1.82, 2.24) is 0 Å². The molecule has 1 heterocycles. The second kappa shape index (κ2) is 5.50. The summed E-state index contributed by atoms with van der Waals surface area (Å²) in [6, 6.07) is 13.1. The Morgan fingerprint density at radius 1 is 1.42 bits per heavy atom. The predicted octanol–water partition coefficient (Wildman–Crippen LogP) is 3.16. The number of hydrogen-bond donors (Lipinski definition) is 0. The van der Waals surface area contributed by atoms with E-state index < -0.39 is 4.92 Å². The monoisotopic (exact) mass is 273 g/mol. The van der Waals surface area contributed by atoms with Crippen molar-refractivity contribution in [2.45, 2.75) is 6.54 Å². The van der Waals surface area contributed by atoms with E-state index in [1.165, 1.54) is 6.07 Å². The Labute approximate surface area is 114 Å². The van der Waals surface area contributed by atoms with Gasteiger partial charge in [0.05, 0.1) is 10.5 Å². The summed E-state index contributed by atoms with van der Waals surface area (Å²) in [6.45, 7) is 0.604. The predicted molar refractivity (Wildman–Crippen MR) is 74.2 cm³/mol. The zero-order chi connectivity index (χ0) is 13.8. The van der Waals surface area contributed by atoms with Crippen molar-refractivity contribution in [3.8, 4) is 6.07 Å². The summed E-state index contributed by atoms with van der Waals surface area (Å²) >= 11 is 1.02. The van der Waals surface area contributed by atoms with E-state index >= 15 is 0 Å². The minimum Gasteiger partial charge on any atom is -0.361 e. The molecule has 0 amide bonds. The van der Waals surface area contributed by atoms with E-state index in [1.54, 1.807) is 0 Å². The van der Waals surface area contributed by atoms with Crippen molar-refractivity contribution < 1.29 is 4.92 Å². The second-order valence-electron chi connectivity index (χ2n) is 4.01. The van der Waals surface area contributed by atoms with Crippen molar-refractivity contribution in [1.29, 1.82) is 5.26 Å². The van der Waals surface area contributed by atoms with Gasteiger partial charge in [-0.3, -0.25) is 10.1 Å². The lowest BCUT2D eigenvalue weighted by molar-refractivity contribution is -0.380. The van der Waals surface area contributed by atoms with Crippen molar-refractivity contribution in [3.63, 3.8) is 0 Å². The molecule has 5 nitrogen and oxygen atoms in total. The summed E-state index contributed by atoms with van der Waals surface area (Å²) in [6.07, 6.45) is 0. The topological polar surface area (TPSA) is 70.2 Å². The van der Waals surface area contributed by atoms with Gasteiger partial charge in [0.15, 0.2) is 0 Å². The fraction of sp³-hybridized carbons (Fsp3) is 0.154. The highest BCUT2D eigenvalue weighted by atomic mass is 32.1. The Morgan fingerprint density at radius 3 is 2.68 bits per heavy atom. The molecule has 0 spiro atoms. The van der Waals surface area contributed by atoms with E-state index in [9.17, 15) is 10.1 Å². The largest absolute Gasteiger partial charge is 0.361 e. The Hall–Kier alpha value is -2.39. The molecule has 0 aliphatic rings. The van der Waals surface area contributed by atoms with Gasteiger partial charge in [0.1, 0.15) is 11.1 Å². The van der Waals surface area contributed by atoms with E-state index in [2.05, 4.69) is 0 Å². The van der Waals surface area contributed by atoms with Crippen LogP contribution in [0.2, 0.25) is 0 Å². The maximum atomic E-state index is 10.8. The minimum absolute atomic E-state index is 0.00791. The van der Waals surface area contributed by atoms with Crippen LogP contribution >= 0.6 is 11.3 Å². The zero-order valence-corrected chi connectivity index (χ0v) is 11.1. The lowest BCUT2D eigenvalue weighted by atomic mass is 10.2. The molecule has 1 aromatic heterocycles. The van der Waals surface area contributed by atoms with Gasteiger partial charge in [-0.25, -0.2) is 0 Å². The van der Waals surface area contributed by atoms with Gasteiger partial charge in [-0.15, -0.1) is 0 Å². The fourth-order valence-electron chi connectivity index (χ4n) is 1.75. The van der Waals surface area contributed by atoms with Crippen LogP contribution in [0.3, 0.4) is 0 Å². The molecule has 96 valence electrons. The lowest BCUT2D eigenvalue weighted by Gasteiger charge is -2.17. The summed E-state index contributed by atoms with van der Waals surface area (Å²) in [5.74, 6) is 0. The smallest absolute Gasteiger partial charge is 0.327 e. The summed E-state index contributed by atoms with van der Waals surface area (Å²) in [4.78, 5) is 12.1. The summed E-state index contributed by atoms with van der Waals surface area (Å²) in [7, 11) is 1.82. The molecule has 0 bridgehead atoms. The van der Waals surface area contributed by atoms with Crippen LogP contribution in [0.25, 0.3) is 0 Å². The molecular formula is C13H11N3O2S. The molecule has 2 rings (SSSR count).